The van der Waals surface area contributed by atoms with E-state index in [2.05, 4.69) is 12.9 Å². The van der Waals surface area contributed by atoms with Crippen molar-refractivity contribution in [3.05, 3.63) is 0 Å². The van der Waals surface area contributed by atoms with E-state index in [1.54, 1.807) is 0 Å². The van der Waals surface area contributed by atoms with Crippen molar-refractivity contribution in [1.29, 1.82) is 0 Å². The van der Waals surface area contributed by atoms with Crippen molar-refractivity contribution in [2.24, 2.45) is 0 Å². The van der Waals surface area contributed by atoms with Gasteiger partial charge in [-0.15, -0.1) is 23.2 Å². The second-order valence-electron chi connectivity index (χ2n) is 1.91. The van der Waals surface area contributed by atoms with Crippen LogP contribution in [0.4, 0.5) is 0 Å². The van der Waals surface area contributed by atoms with E-state index in [9.17, 15) is 56.8 Å². The number of rotatable bonds is 6. The molecule has 0 saturated carbocycles. The Balaban J connectivity index is -0.0000000727. The molecule has 0 aliphatic carbocycles. The van der Waals surface area contributed by atoms with Crippen LogP contribution in [0.3, 0.4) is 0 Å². The van der Waals surface area contributed by atoms with Crippen molar-refractivity contribution < 1.29 is 101 Å². The molecule has 0 N–H and O–H groups in total. The average molecular weight is 755 g/mol. The van der Waals surface area contributed by atoms with Gasteiger partial charge in [-0.2, -0.15) is 0 Å². The second-order valence-corrected chi connectivity index (χ2v) is 8.16. The van der Waals surface area contributed by atoms with Crippen molar-refractivity contribution in [2.75, 3.05) is 5.34 Å². The minimum atomic E-state index is -3.51. The predicted octanol–water partition coefficient (Wildman–Crippen LogP) is -3.07. The van der Waals surface area contributed by atoms with E-state index in [-0.39, 0.29) is 36.5 Å². The Morgan fingerprint density at radius 2 is 0.600 bits per heavy atom. The molecule has 0 spiro atoms. The zero-order chi connectivity index (χ0) is 20.3. The third kappa shape index (κ3) is 75.4. The molecule has 150 valence electrons. The van der Waals surface area contributed by atoms with Gasteiger partial charge in [0.15, 0.2) is 0 Å². The molecule has 0 amide bonds. The summed E-state index contributed by atoms with van der Waals surface area (Å²) in [6.45, 7) is 0. The molecule has 0 heterocycles. The Morgan fingerprint density at radius 1 is 0.520 bits per heavy atom. The SMILES string of the molecule is ClCCl.O=[PH]([O-])O[PH](=O)[O-].O=[PH]([O-])O[PH](=O)[O-].O=[PH]([O-])O[PH](=O)[O-].[U+6]. The van der Waals surface area contributed by atoms with Crippen LogP contribution in [0.15, 0.2) is 0 Å². The van der Waals surface area contributed by atoms with Gasteiger partial charge in [0.1, 0.15) is 49.5 Å². The Labute approximate surface area is 178 Å². The third-order valence-corrected chi connectivity index (χ3v) is 4.50. The van der Waals surface area contributed by atoms with Gasteiger partial charge in [-0.1, -0.05) is 0 Å². The van der Waals surface area contributed by atoms with Gasteiger partial charge in [0.25, 0.3) is 0 Å². The van der Waals surface area contributed by atoms with E-state index in [0.717, 1.165) is 0 Å². The molecular formula is CH8Cl2O15P6U. The van der Waals surface area contributed by atoms with Crippen LogP contribution in [0.5, 0.6) is 0 Å². The monoisotopic (exact) mass is 754 g/mol. The Morgan fingerprint density at radius 3 is 0.600 bits per heavy atom. The van der Waals surface area contributed by atoms with Gasteiger partial charge in [0, 0.05) is 0 Å². The summed E-state index contributed by atoms with van der Waals surface area (Å²) in [6, 6.07) is 0. The van der Waals surface area contributed by atoms with Crippen molar-refractivity contribution in [3.8, 4) is 0 Å². The first-order valence-corrected chi connectivity index (χ1v) is 12.6. The Hall–Kier alpha value is 2.65. The summed E-state index contributed by atoms with van der Waals surface area (Å²) in [5, 5.41) is 0.194. The number of alkyl halides is 2. The average Bonchev–Trinajstić information content (AvgIpc) is 2.24. The predicted molar refractivity (Wildman–Crippen MR) is 73.8 cm³/mol. The van der Waals surface area contributed by atoms with Gasteiger partial charge in [0.2, 0.25) is 0 Å². The molecule has 15 nitrogen and oxygen atoms in total. The fourth-order valence-corrected chi connectivity index (χ4v) is 1.84. The van der Waals surface area contributed by atoms with Crippen LogP contribution in [0, 0.1) is 31.1 Å². The molecule has 0 aromatic rings. The molecule has 24 heteroatoms. The maximum absolute atomic E-state index is 9.29. The minimum Gasteiger partial charge on any atom is -0.781 e. The largest absolute Gasteiger partial charge is 6.00 e. The molecule has 0 radical (unpaired) electrons. The zero-order valence-electron chi connectivity index (χ0n) is 11.1. The zero-order valence-corrected chi connectivity index (χ0v) is 22.8. The normalized spacial score (nSPS) is 16.3. The Kier molecular flexibility index (Phi) is 44.2. The molecule has 0 saturated heterocycles. The van der Waals surface area contributed by atoms with E-state index in [1.807, 2.05) is 0 Å². The first-order valence-electron chi connectivity index (χ1n) is 4.21. The molecule has 0 aromatic carbocycles. The molecule has 0 aliphatic rings. The summed E-state index contributed by atoms with van der Waals surface area (Å²) in [6.07, 6.45) is 0. The van der Waals surface area contributed by atoms with Crippen molar-refractivity contribution in [1.82, 2.24) is 0 Å². The maximum atomic E-state index is 9.29. The van der Waals surface area contributed by atoms with Gasteiger partial charge in [-0.05, 0) is 0 Å². The van der Waals surface area contributed by atoms with E-state index in [4.69, 9.17) is 23.2 Å². The fraction of sp³-hybridized carbons (Fsp3) is 1.00. The van der Waals surface area contributed by atoms with E-state index in [0.29, 0.717) is 0 Å². The van der Waals surface area contributed by atoms with Gasteiger partial charge in [0.05, 0.1) is 5.34 Å². The molecule has 0 aromatic heterocycles. The summed E-state index contributed by atoms with van der Waals surface area (Å²) >= 11 is 9.53. The molecule has 6 unspecified atom stereocenters. The van der Waals surface area contributed by atoms with E-state index in [1.165, 1.54) is 0 Å². The van der Waals surface area contributed by atoms with Crippen LogP contribution < -0.4 is 29.4 Å². The molecule has 25 heavy (non-hydrogen) atoms. The van der Waals surface area contributed by atoms with Crippen LogP contribution in [0.25, 0.3) is 0 Å². The smallest absolute Gasteiger partial charge is 0.781 e. The third-order valence-electron chi connectivity index (χ3n) is 0.500. The van der Waals surface area contributed by atoms with Gasteiger partial charge in [-0.3, -0.25) is 12.9 Å². The molecular weight excluding hydrogens is 747 g/mol. The first-order chi connectivity index (χ1) is 10.8. The maximum Gasteiger partial charge on any atom is 6.00 e. The van der Waals surface area contributed by atoms with E-state index >= 15 is 0 Å². The van der Waals surface area contributed by atoms with Gasteiger partial charge >= 0.3 is 31.1 Å². The molecule has 0 aliphatic heterocycles. The van der Waals surface area contributed by atoms with Gasteiger partial charge < -0.3 is 56.8 Å². The van der Waals surface area contributed by atoms with Crippen LogP contribution in [0.2, 0.25) is 0 Å². The minimum absolute atomic E-state index is 0. The van der Waals surface area contributed by atoms with Gasteiger partial charge in [-0.25, -0.2) is 0 Å². The fourth-order valence-electron chi connectivity index (χ4n) is 0.204. The number of halogens is 2. The van der Waals surface area contributed by atoms with Crippen LogP contribution >= 0.6 is 72.7 Å². The number of hydrogen-bond donors (Lipinski definition) is 0. The summed E-state index contributed by atoms with van der Waals surface area (Å²) in [7, 11) is -21.1. The summed E-state index contributed by atoms with van der Waals surface area (Å²) in [5.74, 6) is 0. The molecule has 0 bridgehead atoms. The van der Waals surface area contributed by atoms with Crippen molar-refractivity contribution in [2.45, 2.75) is 0 Å². The van der Waals surface area contributed by atoms with E-state index < -0.39 is 49.5 Å². The quantitative estimate of drug-likeness (QED) is 0.192. The van der Waals surface area contributed by atoms with Crippen LogP contribution in [-0.2, 0) is 40.3 Å². The Bertz CT molecular complexity index is 344. The van der Waals surface area contributed by atoms with Crippen molar-refractivity contribution >= 4 is 72.7 Å². The first kappa shape index (κ1) is 38.3. The molecule has 6 atom stereocenters. The van der Waals surface area contributed by atoms with Crippen LogP contribution in [-0.4, -0.2) is 5.34 Å². The second kappa shape index (κ2) is 28.9. The number of hydrogen-bond acceptors (Lipinski definition) is 15. The molecule has 0 rings (SSSR count). The standard InChI is InChI=1S/CH2Cl2.3H4O5P2.U/c2-1-3;3*1-6(2)5-7(3)4;/h1H2;3*6-7H,(H,1,2)(H,3,4);/q;;;;+6/p-6. The van der Waals surface area contributed by atoms with Crippen LogP contribution in [0.1, 0.15) is 0 Å². The summed E-state index contributed by atoms with van der Waals surface area (Å²) < 4.78 is 65.4. The topological polar surface area (TPSA) is 268 Å². The summed E-state index contributed by atoms with van der Waals surface area (Å²) in [4.78, 5) is 55.7. The summed E-state index contributed by atoms with van der Waals surface area (Å²) in [5.41, 5.74) is 0. The molecule has 0 fully saturated rings. The van der Waals surface area contributed by atoms with Crippen molar-refractivity contribution in [3.63, 3.8) is 0 Å².